The molecule has 0 unspecified atom stereocenters. The van der Waals surface area contributed by atoms with E-state index in [1.54, 1.807) is 24.5 Å². The number of benzene rings is 1. The van der Waals surface area contributed by atoms with E-state index in [4.69, 9.17) is 9.16 Å². The van der Waals surface area contributed by atoms with E-state index in [9.17, 15) is 4.79 Å². The monoisotopic (exact) mass is 376 g/mol. The third-order valence-electron chi connectivity index (χ3n) is 4.73. The van der Waals surface area contributed by atoms with Gasteiger partial charge in [-0.15, -0.1) is 0 Å². The number of thiazole rings is 1. The smallest absolute Gasteiger partial charge is 0.358 e. The van der Waals surface area contributed by atoms with E-state index in [1.165, 1.54) is 0 Å². The molecular weight excluding hydrogens is 352 g/mol. The zero-order valence-electron chi connectivity index (χ0n) is 15.5. The van der Waals surface area contributed by atoms with Gasteiger partial charge in [0.1, 0.15) is 5.75 Å². The summed E-state index contributed by atoms with van der Waals surface area (Å²) in [4.78, 5) is 17.0. The molecule has 2 aromatic heterocycles. The van der Waals surface area contributed by atoms with Crippen molar-refractivity contribution in [1.29, 1.82) is 0 Å². The van der Waals surface area contributed by atoms with Crippen molar-refractivity contribution in [2.24, 2.45) is 0 Å². The lowest BCUT2D eigenvalue weighted by molar-refractivity contribution is 0.0520. The molecule has 0 atom stereocenters. The third kappa shape index (κ3) is 3.30. The number of carbonyl (C=O) groups is 1. The molecule has 2 heterocycles. The molecule has 3 aromatic rings. The van der Waals surface area contributed by atoms with Crippen LogP contribution in [0, 0.1) is 0 Å². The van der Waals surface area contributed by atoms with Crippen molar-refractivity contribution in [3.05, 3.63) is 30.1 Å². The number of esters is 1. The summed E-state index contributed by atoms with van der Waals surface area (Å²) in [5.74, 6) is 0.513. The molecule has 0 aliphatic rings. The molecule has 134 valence electrons. The number of imidazole rings is 1. The highest BCUT2D eigenvalue weighted by Crippen LogP contribution is 2.38. The predicted octanol–water partition coefficient (Wildman–Crippen LogP) is 5.11. The zero-order chi connectivity index (χ0) is 18.4. The number of carbonyl (C=O) groups excluding carboxylic acids is 1. The Morgan fingerprint density at radius 3 is 2.68 bits per heavy atom. The lowest BCUT2D eigenvalue weighted by Crippen LogP contribution is -2.43. The van der Waals surface area contributed by atoms with Crippen LogP contribution in [-0.2, 0) is 4.74 Å². The summed E-state index contributed by atoms with van der Waals surface area (Å²) < 4.78 is 14.4. The number of rotatable bonds is 4. The molecule has 0 aliphatic carbocycles. The Bertz CT molecular complexity index is 937. The molecule has 5 nitrogen and oxygen atoms in total. The Balaban J connectivity index is 1.96. The Hall–Kier alpha value is -1.86. The van der Waals surface area contributed by atoms with Gasteiger partial charge in [-0.05, 0) is 43.3 Å². The maximum atomic E-state index is 11.8. The molecule has 0 amide bonds. The fourth-order valence-electron chi connectivity index (χ4n) is 2.30. The topological polar surface area (TPSA) is 52.8 Å². The van der Waals surface area contributed by atoms with Crippen LogP contribution < -0.4 is 4.43 Å². The number of ether oxygens (including phenoxy) is 1. The first-order chi connectivity index (χ1) is 11.6. The lowest BCUT2D eigenvalue weighted by Gasteiger charge is -2.36. The normalized spacial score (nSPS) is 12.7. The van der Waals surface area contributed by atoms with Crippen LogP contribution in [0.15, 0.2) is 24.4 Å². The largest absolute Gasteiger partial charge is 0.543 e. The van der Waals surface area contributed by atoms with Gasteiger partial charge >= 0.3 is 5.97 Å². The second-order valence-electron chi connectivity index (χ2n) is 7.59. The molecule has 0 aliphatic heterocycles. The van der Waals surface area contributed by atoms with Crippen LogP contribution in [-0.4, -0.2) is 30.3 Å². The number of hydrogen-bond acceptors (Lipinski definition) is 5. The molecule has 0 fully saturated rings. The van der Waals surface area contributed by atoms with E-state index in [2.05, 4.69) is 44.9 Å². The Morgan fingerprint density at radius 1 is 1.32 bits per heavy atom. The first kappa shape index (κ1) is 17.9. The van der Waals surface area contributed by atoms with Crippen molar-refractivity contribution in [2.75, 3.05) is 6.61 Å². The van der Waals surface area contributed by atoms with Gasteiger partial charge in [-0.2, -0.15) is 0 Å². The van der Waals surface area contributed by atoms with Crippen LogP contribution in [0.5, 0.6) is 5.75 Å². The van der Waals surface area contributed by atoms with Crippen LogP contribution in [0.2, 0.25) is 18.1 Å². The first-order valence-corrected chi connectivity index (χ1v) is 12.1. The summed E-state index contributed by atoms with van der Waals surface area (Å²) in [6, 6.07) is 6.09. The SMILES string of the molecule is CCOC(=O)c1cn2c(n1)sc1cc(O[Si](C)(C)C(C)(C)C)ccc12. The molecule has 25 heavy (non-hydrogen) atoms. The van der Waals surface area contributed by atoms with Crippen LogP contribution in [0.3, 0.4) is 0 Å². The summed E-state index contributed by atoms with van der Waals surface area (Å²) in [7, 11) is -1.87. The fourth-order valence-corrected chi connectivity index (χ4v) is 4.35. The van der Waals surface area contributed by atoms with Crippen molar-refractivity contribution >= 4 is 40.8 Å². The van der Waals surface area contributed by atoms with Gasteiger partial charge in [0.25, 0.3) is 0 Å². The van der Waals surface area contributed by atoms with Crippen LogP contribution in [0.1, 0.15) is 38.2 Å². The molecular formula is C18H24N2O3SSi. The van der Waals surface area contributed by atoms with Crippen LogP contribution in [0.25, 0.3) is 15.2 Å². The first-order valence-electron chi connectivity index (χ1n) is 8.40. The van der Waals surface area contributed by atoms with Crippen molar-refractivity contribution in [1.82, 2.24) is 9.38 Å². The Morgan fingerprint density at radius 2 is 2.04 bits per heavy atom. The fraction of sp³-hybridized carbons (Fsp3) is 0.444. The summed E-state index contributed by atoms with van der Waals surface area (Å²) in [5.41, 5.74) is 1.36. The van der Waals surface area contributed by atoms with E-state index in [0.717, 1.165) is 20.9 Å². The third-order valence-corrected chi connectivity index (χ3v) is 10.1. The Kier molecular flexibility index (Phi) is 4.41. The van der Waals surface area contributed by atoms with Crippen molar-refractivity contribution in [2.45, 2.75) is 45.8 Å². The maximum Gasteiger partial charge on any atom is 0.358 e. The minimum absolute atomic E-state index is 0.153. The van der Waals surface area contributed by atoms with Crippen LogP contribution in [0.4, 0.5) is 0 Å². The van der Waals surface area contributed by atoms with E-state index < -0.39 is 8.32 Å². The highest BCUT2D eigenvalue weighted by atomic mass is 32.1. The molecule has 0 saturated carbocycles. The van der Waals surface area contributed by atoms with Crippen molar-refractivity contribution < 1.29 is 14.0 Å². The Labute approximate surface area is 152 Å². The van der Waals surface area contributed by atoms with Crippen molar-refractivity contribution in [3.8, 4) is 5.75 Å². The van der Waals surface area contributed by atoms with E-state index in [-0.39, 0.29) is 11.0 Å². The second-order valence-corrected chi connectivity index (χ2v) is 13.3. The predicted molar refractivity (Wildman–Crippen MR) is 104 cm³/mol. The molecule has 3 rings (SSSR count). The standard InChI is InChI=1S/C18H24N2O3SSi/c1-7-22-16(21)13-11-20-14-9-8-12(10-15(14)24-17(20)19-13)23-25(5,6)18(2,3)4/h8-11H,7H2,1-6H3. The van der Waals surface area contributed by atoms with Gasteiger partial charge in [-0.25, -0.2) is 9.78 Å². The van der Waals surface area contributed by atoms with E-state index >= 15 is 0 Å². The summed E-state index contributed by atoms with van der Waals surface area (Å²) in [5, 5.41) is 0.153. The van der Waals surface area contributed by atoms with Gasteiger partial charge in [-0.1, -0.05) is 32.1 Å². The van der Waals surface area contributed by atoms with Crippen molar-refractivity contribution in [3.63, 3.8) is 0 Å². The summed E-state index contributed by atoms with van der Waals surface area (Å²) in [6.07, 6.45) is 1.74. The number of hydrogen-bond donors (Lipinski definition) is 0. The maximum absolute atomic E-state index is 11.8. The summed E-state index contributed by atoms with van der Waals surface area (Å²) >= 11 is 1.55. The van der Waals surface area contributed by atoms with Crippen LogP contribution >= 0.6 is 11.3 Å². The van der Waals surface area contributed by atoms with Gasteiger partial charge in [0.15, 0.2) is 10.7 Å². The number of nitrogens with zero attached hydrogens (tertiary/aromatic N) is 2. The number of aromatic nitrogens is 2. The molecule has 7 heteroatoms. The minimum atomic E-state index is -1.87. The average molecular weight is 377 g/mol. The summed E-state index contributed by atoms with van der Waals surface area (Å²) in [6.45, 7) is 13.3. The zero-order valence-corrected chi connectivity index (χ0v) is 17.4. The highest BCUT2D eigenvalue weighted by Gasteiger charge is 2.39. The lowest BCUT2D eigenvalue weighted by atomic mass is 10.2. The molecule has 0 radical (unpaired) electrons. The second kappa shape index (κ2) is 6.14. The van der Waals surface area contributed by atoms with Gasteiger partial charge in [-0.3, -0.25) is 4.40 Å². The molecule has 0 saturated heterocycles. The quantitative estimate of drug-likeness (QED) is 0.469. The van der Waals surface area contributed by atoms with E-state index in [1.807, 2.05) is 16.5 Å². The molecule has 0 N–H and O–H groups in total. The molecule has 0 bridgehead atoms. The van der Waals surface area contributed by atoms with Gasteiger partial charge in [0.2, 0.25) is 8.32 Å². The molecule has 1 aromatic carbocycles. The van der Waals surface area contributed by atoms with Gasteiger partial charge in [0, 0.05) is 6.20 Å². The van der Waals surface area contributed by atoms with E-state index in [0.29, 0.717) is 12.3 Å². The average Bonchev–Trinajstić information content (AvgIpc) is 3.03. The number of fused-ring (bicyclic) bond motifs is 3. The highest BCUT2D eigenvalue weighted by molar-refractivity contribution is 7.23. The molecule has 0 spiro atoms. The minimum Gasteiger partial charge on any atom is -0.543 e. The van der Waals surface area contributed by atoms with Gasteiger partial charge in [0.05, 0.1) is 16.8 Å². The van der Waals surface area contributed by atoms with Gasteiger partial charge < -0.3 is 9.16 Å².